The maximum atomic E-state index is 11.8. The highest BCUT2D eigenvalue weighted by atomic mass is 16.5. The number of nitrogens with zero attached hydrogens (tertiary/aromatic N) is 3. The van der Waals surface area contributed by atoms with Crippen LogP contribution in [-0.2, 0) is 16.1 Å². The minimum Gasteiger partial charge on any atom is -0.376 e. The van der Waals surface area contributed by atoms with Crippen LogP contribution in [0.4, 0.5) is 0 Å². The van der Waals surface area contributed by atoms with Crippen molar-refractivity contribution in [3.05, 3.63) is 17.5 Å². The van der Waals surface area contributed by atoms with Gasteiger partial charge in [-0.3, -0.25) is 4.79 Å². The van der Waals surface area contributed by atoms with Crippen molar-refractivity contribution >= 4 is 11.9 Å². The number of carbonyl (C=O) groups is 1. The molecule has 1 aromatic rings. The summed E-state index contributed by atoms with van der Waals surface area (Å²) in [4.78, 5) is 17.7. The number of hydrogen-bond acceptors (Lipinski definition) is 5. The quantitative estimate of drug-likeness (QED) is 0.562. The third-order valence-corrected chi connectivity index (χ3v) is 4.24. The Morgan fingerprint density at radius 3 is 2.81 bits per heavy atom. The van der Waals surface area contributed by atoms with Crippen molar-refractivity contribution in [3.8, 4) is 0 Å². The molecular weight excluding hydrogens is 334 g/mol. The van der Waals surface area contributed by atoms with E-state index in [2.05, 4.69) is 34.6 Å². The van der Waals surface area contributed by atoms with Crippen molar-refractivity contribution in [2.45, 2.75) is 51.7 Å². The van der Waals surface area contributed by atoms with Gasteiger partial charge in [0.2, 0.25) is 5.91 Å². The van der Waals surface area contributed by atoms with Gasteiger partial charge >= 0.3 is 0 Å². The van der Waals surface area contributed by atoms with E-state index in [1.807, 2.05) is 6.07 Å². The van der Waals surface area contributed by atoms with E-state index in [9.17, 15) is 4.79 Å². The van der Waals surface area contributed by atoms with Crippen LogP contribution in [0.5, 0.6) is 0 Å². The molecule has 1 atom stereocenters. The van der Waals surface area contributed by atoms with E-state index in [-0.39, 0.29) is 18.6 Å². The van der Waals surface area contributed by atoms with Crippen LogP contribution in [0, 0.1) is 0 Å². The molecule has 0 aliphatic carbocycles. The van der Waals surface area contributed by atoms with Gasteiger partial charge in [-0.2, -0.15) is 0 Å². The smallest absolute Gasteiger partial charge is 0.243 e. The lowest BCUT2D eigenvalue weighted by atomic mass is 10.1. The Balaban J connectivity index is 1.91. The minimum atomic E-state index is -0.0539. The molecule has 1 fully saturated rings. The Hall–Kier alpha value is -2.09. The third-order valence-electron chi connectivity index (χ3n) is 4.24. The van der Waals surface area contributed by atoms with Crippen LogP contribution in [0.15, 0.2) is 15.6 Å². The molecule has 2 heterocycles. The first kappa shape index (κ1) is 20.2. The Kier molecular flexibility index (Phi) is 7.90. The van der Waals surface area contributed by atoms with E-state index in [1.54, 1.807) is 14.1 Å². The summed E-state index contributed by atoms with van der Waals surface area (Å²) < 4.78 is 11.1. The molecule has 26 heavy (non-hydrogen) atoms. The zero-order valence-corrected chi connectivity index (χ0v) is 16.2. The monoisotopic (exact) mass is 365 g/mol. The molecule has 1 saturated heterocycles. The lowest BCUT2D eigenvalue weighted by molar-refractivity contribution is -0.127. The van der Waals surface area contributed by atoms with E-state index < -0.39 is 0 Å². The molecule has 1 amide bonds. The maximum Gasteiger partial charge on any atom is 0.243 e. The number of ether oxygens (including phenoxy) is 1. The SMILES string of the molecule is CC(C)c1cc(CNC(=NCC(=O)N(C)C)NCC2CCCCO2)on1. The minimum absolute atomic E-state index is 0.0539. The Labute approximate surface area is 155 Å². The van der Waals surface area contributed by atoms with Crippen LogP contribution in [-0.4, -0.2) is 61.8 Å². The highest BCUT2D eigenvalue weighted by molar-refractivity contribution is 5.84. The molecular formula is C18H31N5O3. The van der Waals surface area contributed by atoms with Gasteiger partial charge in [0.1, 0.15) is 6.54 Å². The molecule has 2 N–H and O–H groups in total. The molecule has 1 aliphatic heterocycles. The summed E-state index contributed by atoms with van der Waals surface area (Å²) in [5, 5.41) is 10.5. The Morgan fingerprint density at radius 2 is 2.19 bits per heavy atom. The molecule has 1 aliphatic rings. The first-order valence-electron chi connectivity index (χ1n) is 9.25. The number of nitrogens with one attached hydrogen (secondary N) is 2. The molecule has 0 aromatic carbocycles. The van der Waals surface area contributed by atoms with Crippen LogP contribution in [0.2, 0.25) is 0 Å². The topological polar surface area (TPSA) is 92.0 Å². The fraction of sp³-hybridized carbons (Fsp3) is 0.722. The van der Waals surface area contributed by atoms with Crippen molar-refractivity contribution in [2.24, 2.45) is 4.99 Å². The highest BCUT2D eigenvalue weighted by Gasteiger charge is 2.15. The summed E-state index contributed by atoms with van der Waals surface area (Å²) in [7, 11) is 3.44. The third kappa shape index (κ3) is 6.67. The van der Waals surface area contributed by atoms with Crippen molar-refractivity contribution in [2.75, 3.05) is 33.8 Å². The average Bonchev–Trinajstić information content (AvgIpc) is 3.11. The van der Waals surface area contributed by atoms with Crippen LogP contribution >= 0.6 is 0 Å². The lowest BCUT2D eigenvalue weighted by Gasteiger charge is -2.23. The van der Waals surface area contributed by atoms with Crippen molar-refractivity contribution in [1.82, 2.24) is 20.7 Å². The van der Waals surface area contributed by atoms with Crippen LogP contribution in [0.1, 0.15) is 50.5 Å². The second kappa shape index (κ2) is 10.2. The highest BCUT2D eigenvalue weighted by Crippen LogP contribution is 2.14. The van der Waals surface area contributed by atoms with Crippen LogP contribution < -0.4 is 10.6 Å². The number of carbonyl (C=O) groups excluding carboxylic acids is 1. The van der Waals surface area contributed by atoms with E-state index in [0.29, 0.717) is 25.0 Å². The van der Waals surface area contributed by atoms with Gasteiger partial charge in [0, 0.05) is 33.3 Å². The molecule has 8 heteroatoms. The molecule has 0 saturated carbocycles. The molecule has 0 spiro atoms. The number of aliphatic imine (C=N–C) groups is 1. The molecule has 1 unspecified atom stereocenters. The molecule has 146 valence electrons. The summed E-state index contributed by atoms with van der Waals surface area (Å²) in [6, 6.07) is 1.94. The normalized spacial score (nSPS) is 18.0. The van der Waals surface area contributed by atoms with Gasteiger partial charge in [-0.25, -0.2) is 4.99 Å². The number of rotatable bonds is 7. The molecule has 0 bridgehead atoms. The summed E-state index contributed by atoms with van der Waals surface area (Å²) in [5.41, 5.74) is 0.923. The molecule has 0 radical (unpaired) electrons. The average molecular weight is 365 g/mol. The summed E-state index contributed by atoms with van der Waals surface area (Å²) >= 11 is 0. The Bertz CT molecular complexity index is 591. The van der Waals surface area contributed by atoms with E-state index in [4.69, 9.17) is 9.26 Å². The summed E-state index contributed by atoms with van der Waals surface area (Å²) in [6.45, 7) is 6.15. The fourth-order valence-electron chi connectivity index (χ4n) is 2.50. The fourth-order valence-corrected chi connectivity index (χ4v) is 2.50. The zero-order valence-electron chi connectivity index (χ0n) is 16.2. The van der Waals surface area contributed by atoms with Crippen molar-refractivity contribution < 1.29 is 14.1 Å². The number of likely N-dealkylation sites (N-methyl/N-ethyl adjacent to an activating group) is 1. The maximum absolute atomic E-state index is 11.8. The van der Waals surface area contributed by atoms with Crippen molar-refractivity contribution in [3.63, 3.8) is 0 Å². The molecule has 8 nitrogen and oxygen atoms in total. The van der Waals surface area contributed by atoms with E-state index in [0.717, 1.165) is 30.9 Å². The van der Waals surface area contributed by atoms with Crippen molar-refractivity contribution in [1.29, 1.82) is 0 Å². The summed E-state index contributed by atoms with van der Waals surface area (Å²) in [6.07, 6.45) is 3.52. The first-order valence-corrected chi connectivity index (χ1v) is 9.25. The predicted octanol–water partition coefficient (Wildman–Crippen LogP) is 1.49. The number of hydrogen-bond donors (Lipinski definition) is 2. The van der Waals surface area contributed by atoms with Crippen LogP contribution in [0.25, 0.3) is 0 Å². The van der Waals surface area contributed by atoms with Gasteiger partial charge in [0.25, 0.3) is 0 Å². The largest absolute Gasteiger partial charge is 0.376 e. The first-order chi connectivity index (χ1) is 12.5. The Morgan fingerprint density at radius 1 is 1.38 bits per heavy atom. The van der Waals surface area contributed by atoms with Gasteiger partial charge < -0.3 is 24.8 Å². The number of guanidine groups is 1. The van der Waals surface area contributed by atoms with Gasteiger partial charge in [-0.1, -0.05) is 19.0 Å². The van der Waals surface area contributed by atoms with Gasteiger partial charge in [-0.15, -0.1) is 0 Å². The number of aromatic nitrogens is 1. The summed E-state index contributed by atoms with van der Waals surface area (Å²) in [5.74, 6) is 1.56. The van der Waals surface area contributed by atoms with Gasteiger partial charge in [-0.05, 0) is 25.2 Å². The van der Waals surface area contributed by atoms with Gasteiger partial charge in [0.05, 0.1) is 18.3 Å². The van der Waals surface area contributed by atoms with E-state index >= 15 is 0 Å². The number of amides is 1. The zero-order chi connectivity index (χ0) is 18.9. The second-order valence-corrected chi connectivity index (χ2v) is 7.05. The van der Waals surface area contributed by atoms with Gasteiger partial charge in [0.15, 0.2) is 11.7 Å². The standard InChI is InChI=1S/C18H31N5O3/c1-13(2)16-9-15(26-22-16)11-20-18(21-12-17(24)23(3)4)19-10-14-7-5-6-8-25-14/h9,13-14H,5-8,10-12H2,1-4H3,(H2,19,20,21). The lowest BCUT2D eigenvalue weighted by Crippen LogP contribution is -2.43. The van der Waals surface area contributed by atoms with Crippen LogP contribution in [0.3, 0.4) is 0 Å². The predicted molar refractivity (Wildman–Crippen MR) is 100 cm³/mol. The second-order valence-electron chi connectivity index (χ2n) is 7.05. The van der Waals surface area contributed by atoms with E-state index in [1.165, 1.54) is 11.3 Å². The molecule has 2 rings (SSSR count). The molecule has 1 aromatic heterocycles.